The molecule has 0 aliphatic carbocycles. The molecule has 0 unspecified atom stereocenters. The lowest BCUT2D eigenvalue weighted by atomic mass is 10.2. The summed E-state index contributed by atoms with van der Waals surface area (Å²) in [5.41, 5.74) is 6.14. The lowest BCUT2D eigenvalue weighted by molar-refractivity contribution is 0.627. The van der Waals surface area contributed by atoms with Crippen LogP contribution in [0.15, 0.2) is 24.5 Å². The SMILES string of the molecule is N#Cc1ncn(-c2cc(N)cc(F)c2)c1C#N. The van der Waals surface area contributed by atoms with Crippen molar-refractivity contribution in [2.45, 2.75) is 0 Å². The van der Waals surface area contributed by atoms with Crippen molar-refractivity contribution in [2.75, 3.05) is 5.73 Å². The molecule has 82 valence electrons. The number of nitrogens with two attached hydrogens (primary N) is 1. The first-order chi connectivity index (χ1) is 8.15. The second-order valence-corrected chi connectivity index (χ2v) is 3.28. The highest BCUT2D eigenvalue weighted by Crippen LogP contribution is 2.18. The van der Waals surface area contributed by atoms with E-state index >= 15 is 0 Å². The van der Waals surface area contributed by atoms with Gasteiger partial charge in [-0.05, 0) is 18.2 Å². The molecule has 0 spiro atoms. The maximum absolute atomic E-state index is 13.2. The van der Waals surface area contributed by atoms with E-state index in [4.69, 9.17) is 16.3 Å². The van der Waals surface area contributed by atoms with E-state index in [1.165, 1.54) is 23.0 Å². The summed E-state index contributed by atoms with van der Waals surface area (Å²) < 4.78 is 14.5. The third kappa shape index (κ3) is 1.80. The minimum absolute atomic E-state index is 0.00432. The number of nitrogen functional groups attached to an aromatic ring is 1. The molecular formula is C11H6FN5. The molecule has 2 aromatic rings. The van der Waals surface area contributed by atoms with Crippen LogP contribution < -0.4 is 5.73 Å². The number of aromatic nitrogens is 2. The standard InChI is InChI=1S/C11H6FN5/c12-7-1-8(15)3-9(2-7)17-6-16-10(4-13)11(17)5-14/h1-3,6H,15H2. The maximum Gasteiger partial charge on any atom is 0.177 e. The van der Waals surface area contributed by atoms with E-state index in [1.54, 1.807) is 6.07 Å². The summed E-state index contributed by atoms with van der Waals surface area (Å²) in [4.78, 5) is 3.76. The first kappa shape index (κ1) is 10.7. The van der Waals surface area contributed by atoms with Crippen LogP contribution in [0.1, 0.15) is 11.4 Å². The second kappa shape index (κ2) is 3.95. The summed E-state index contributed by atoms with van der Waals surface area (Å²) in [7, 11) is 0. The number of rotatable bonds is 1. The Morgan fingerprint density at radius 1 is 1.24 bits per heavy atom. The number of anilines is 1. The molecule has 0 saturated carbocycles. The van der Waals surface area contributed by atoms with Crippen LogP contribution in [-0.2, 0) is 0 Å². The minimum Gasteiger partial charge on any atom is -0.399 e. The van der Waals surface area contributed by atoms with Gasteiger partial charge >= 0.3 is 0 Å². The third-order valence-corrected chi connectivity index (χ3v) is 2.16. The highest BCUT2D eigenvalue weighted by atomic mass is 19.1. The molecule has 0 aliphatic rings. The highest BCUT2D eigenvalue weighted by molar-refractivity contribution is 5.51. The molecular weight excluding hydrogens is 221 g/mol. The van der Waals surface area contributed by atoms with Crippen molar-refractivity contribution < 1.29 is 4.39 Å². The number of imidazole rings is 1. The molecule has 0 amide bonds. The first-order valence-electron chi connectivity index (χ1n) is 4.59. The van der Waals surface area contributed by atoms with Gasteiger partial charge in [-0.2, -0.15) is 10.5 Å². The summed E-state index contributed by atoms with van der Waals surface area (Å²) in [6.07, 6.45) is 1.28. The fraction of sp³-hybridized carbons (Fsp3) is 0. The maximum atomic E-state index is 13.2. The molecule has 0 saturated heterocycles. The number of nitrogens with zero attached hydrogens (tertiary/aromatic N) is 4. The van der Waals surface area contributed by atoms with Gasteiger partial charge in [0.1, 0.15) is 24.3 Å². The number of hydrogen-bond acceptors (Lipinski definition) is 4. The van der Waals surface area contributed by atoms with E-state index < -0.39 is 5.82 Å². The molecule has 0 radical (unpaired) electrons. The quantitative estimate of drug-likeness (QED) is 0.744. The molecule has 0 fully saturated rings. The number of halogens is 1. The number of benzene rings is 1. The zero-order valence-electron chi connectivity index (χ0n) is 8.55. The fourth-order valence-corrected chi connectivity index (χ4v) is 1.47. The van der Waals surface area contributed by atoms with Crippen LogP contribution in [0.4, 0.5) is 10.1 Å². The molecule has 0 atom stereocenters. The molecule has 1 aromatic carbocycles. The van der Waals surface area contributed by atoms with Gasteiger partial charge in [0.05, 0.1) is 5.69 Å². The Morgan fingerprint density at radius 2 is 2.00 bits per heavy atom. The molecule has 6 heteroatoms. The van der Waals surface area contributed by atoms with Crippen LogP contribution in [0.25, 0.3) is 5.69 Å². The summed E-state index contributed by atoms with van der Waals surface area (Å²) in [6, 6.07) is 7.50. The Kier molecular flexibility index (Phi) is 2.48. The number of hydrogen-bond donors (Lipinski definition) is 1. The van der Waals surface area contributed by atoms with Crippen molar-refractivity contribution in [2.24, 2.45) is 0 Å². The predicted molar refractivity (Wildman–Crippen MR) is 57.4 cm³/mol. The van der Waals surface area contributed by atoms with Gasteiger partial charge in [-0.25, -0.2) is 9.37 Å². The number of nitriles is 2. The normalized spacial score (nSPS) is 9.59. The van der Waals surface area contributed by atoms with Crippen LogP contribution in [-0.4, -0.2) is 9.55 Å². The van der Waals surface area contributed by atoms with Crippen LogP contribution in [0.2, 0.25) is 0 Å². The van der Waals surface area contributed by atoms with Crippen LogP contribution >= 0.6 is 0 Å². The van der Waals surface area contributed by atoms with Crippen molar-refractivity contribution in [3.8, 4) is 17.8 Å². The first-order valence-corrected chi connectivity index (χ1v) is 4.59. The Morgan fingerprint density at radius 3 is 2.59 bits per heavy atom. The monoisotopic (exact) mass is 227 g/mol. The van der Waals surface area contributed by atoms with Crippen molar-refractivity contribution in [3.63, 3.8) is 0 Å². The van der Waals surface area contributed by atoms with Gasteiger partial charge in [0.2, 0.25) is 0 Å². The molecule has 17 heavy (non-hydrogen) atoms. The van der Waals surface area contributed by atoms with E-state index in [2.05, 4.69) is 4.98 Å². The summed E-state index contributed by atoms with van der Waals surface area (Å²) in [6.45, 7) is 0. The summed E-state index contributed by atoms with van der Waals surface area (Å²) in [5.74, 6) is -0.518. The second-order valence-electron chi connectivity index (χ2n) is 3.28. The molecule has 2 rings (SSSR count). The van der Waals surface area contributed by atoms with E-state index in [-0.39, 0.29) is 17.1 Å². The van der Waals surface area contributed by atoms with Gasteiger partial charge in [0.15, 0.2) is 11.4 Å². The van der Waals surface area contributed by atoms with Crippen molar-refractivity contribution in [1.82, 2.24) is 9.55 Å². The topological polar surface area (TPSA) is 91.4 Å². The Labute approximate surface area is 96.1 Å². The highest BCUT2D eigenvalue weighted by Gasteiger charge is 2.12. The van der Waals surface area contributed by atoms with Gasteiger partial charge in [0, 0.05) is 5.69 Å². The fourth-order valence-electron chi connectivity index (χ4n) is 1.47. The van der Waals surface area contributed by atoms with E-state index in [0.717, 1.165) is 6.07 Å². The van der Waals surface area contributed by atoms with Crippen molar-refractivity contribution in [1.29, 1.82) is 10.5 Å². The average molecular weight is 227 g/mol. The molecule has 1 heterocycles. The lowest BCUT2D eigenvalue weighted by Gasteiger charge is -2.04. The summed E-state index contributed by atoms with van der Waals surface area (Å²) in [5, 5.41) is 17.7. The average Bonchev–Trinajstić information content (AvgIpc) is 2.70. The van der Waals surface area contributed by atoms with Gasteiger partial charge in [-0.3, -0.25) is 4.57 Å². The smallest absolute Gasteiger partial charge is 0.177 e. The third-order valence-electron chi connectivity index (χ3n) is 2.16. The van der Waals surface area contributed by atoms with E-state index in [9.17, 15) is 4.39 Å². The zero-order valence-corrected chi connectivity index (χ0v) is 8.55. The largest absolute Gasteiger partial charge is 0.399 e. The predicted octanol–water partition coefficient (Wildman–Crippen LogP) is 1.34. The van der Waals surface area contributed by atoms with Crippen LogP contribution in [0, 0.1) is 28.5 Å². The van der Waals surface area contributed by atoms with E-state index in [1.807, 2.05) is 6.07 Å². The Hall–Kier alpha value is -2.86. The summed E-state index contributed by atoms with van der Waals surface area (Å²) >= 11 is 0. The molecule has 0 bridgehead atoms. The molecule has 2 N–H and O–H groups in total. The Bertz CT molecular complexity index is 639. The van der Waals surface area contributed by atoms with Gasteiger partial charge < -0.3 is 5.73 Å². The van der Waals surface area contributed by atoms with Gasteiger partial charge in [-0.15, -0.1) is 0 Å². The van der Waals surface area contributed by atoms with E-state index in [0.29, 0.717) is 5.69 Å². The van der Waals surface area contributed by atoms with Crippen LogP contribution in [0.5, 0.6) is 0 Å². The van der Waals surface area contributed by atoms with Gasteiger partial charge in [0.25, 0.3) is 0 Å². The molecule has 5 nitrogen and oxygen atoms in total. The lowest BCUT2D eigenvalue weighted by Crippen LogP contribution is -1.99. The molecule has 0 aliphatic heterocycles. The molecule has 1 aromatic heterocycles. The van der Waals surface area contributed by atoms with Gasteiger partial charge in [-0.1, -0.05) is 0 Å². The van der Waals surface area contributed by atoms with Crippen LogP contribution in [0.3, 0.4) is 0 Å². The minimum atomic E-state index is -0.518. The van der Waals surface area contributed by atoms with Crippen molar-refractivity contribution in [3.05, 3.63) is 41.7 Å². The zero-order chi connectivity index (χ0) is 12.4. The van der Waals surface area contributed by atoms with Crippen molar-refractivity contribution >= 4 is 5.69 Å². The Balaban J connectivity index is 2.66.